The van der Waals surface area contributed by atoms with Crippen LogP contribution in [0.5, 0.6) is 5.88 Å². The van der Waals surface area contributed by atoms with Gasteiger partial charge in [-0.1, -0.05) is 20.8 Å². The van der Waals surface area contributed by atoms with Crippen molar-refractivity contribution in [2.45, 2.75) is 51.6 Å². The Labute approximate surface area is 188 Å². The van der Waals surface area contributed by atoms with Crippen LogP contribution in [0.4, 0.5) is 11.6 Å². The Hall–Kier alpha value is -2.94. The third-order valence-corrected chi connectivity index (χ3v) is 10.5. The third-order valence-electron chi connectivity index (χ3n) is 5.94. The number of H-pyrrole nitrogens is 1. The molecular weight excluding hydrogens is 426 g/mol. The maximum Gasteiger partial charge on any atom is 0.257 e. The van der Waals surface area contributed by atoms with Gasteiger partial charge in [0.15, 0.2) is 8.32 Å². The van der Waals surface area contributed by atoms with Gasteiger partial charge in [-0.3, -0.25) is 4.68 Å². The molecule has 4 rings (SSSR count). The van der Waals surface area contributed by atoms with Gasteiger partial charge in [0.2, 0.25) is 5.95 Å². The van der Waals surface area contributed by atoms with Crippen LogP contribution in [-0.4, -0.2) is 59.0 Å². The van der Waals surface area contributed by atoms with E-state index < -0.39 is 8.32 Å². The fourth-order valence-corrected chi connectivity index (χ4v) is 3.93. The van der Waals surface area contributed by atoms with Gasteiger partial charge in [-0.05, 0) is 24.2 Å². The van der Waals surface area contributed by atoms with Crippen LogP contribution in [-0.2, 0) is 15.7 Å². The molecule has 0 spiro atoms. The first kappa shape index (κ1) is 22.3. The molecule has 0 atom stereocenters. The van der Waals surface area contributed by atoms with Crippen LogP contribution in [0.25, 0.3) is 11.0 Å². The zero-order valence-electron chi connectivity index (χ0n) is 19.1. The van der Waals surface area contributed by atoms with Gasteiger partial charge in [0, 0.05) is 11.6 Å². The quantitative estimate of drug-likeness (QED) is 0.494. The third kappa shape index (κ3) is 4.77. The molecule has 0 unspecified atom stereocenters. The van der Waals surface area contributed by atoms with Gasteiger partial charge in [-0.2, -0.15) is 10.2 Å². The Morgan fingerprint density at radius 1 is 1.38 bits per heavy atom. The summed E-state index contributed by atoms with van der Waals surface area (Å²) in [5.41, 5.74) is 1.69. The van der Waals surface area contributed by atoms with Crippen molar-refractivity contribution < 1.29 is 13.9 Å². The lowest BCUT2D eigenvalue weighted by atomic mass is 10.2. The average Bonchev–Trinajstić information content (AvgIpc) is 3.26. The molecule has 4 heterocycles. The molecule has 32 heavy (non-hydrogen) atoms. The highest BCUT2D eigenvalue weighted by atomic mass is 28.4. The summed E-state index contributed by atoms with van der Waals surface area (Å²) < 4.78 is 19.3. The van der Waals surface area contributed by atoms with E-state index in [1.165, 1.54) is 0 Å². The maximum atomic E-state index is 9.07. The number of aromatic nitrogens is 5. The second kappa shape index (κ2) is 8.53. The normalized spacial score (nSPS) is 14.9. The molecular formula is C21H29N7O3Si. The summed E-state index contributed by atoms with van der Waals surface area (Å²) in [5, 5.41) is 17.8. The van der Waals surface area contributed by atoms with Gasteiger partial charge in [-0.15, -0.1) is 5.10 Å². The van der Waals surface area contributed by atoms with E-state index >= 15 is 0 Å². The van der Waals surface area contributed by atoms with Gasteiger partial charge in [-0.25, -0.2) is 4.98 Å². The van der Waals surface area contributed by atoms with Crippen molar-refractivity contribution in [2.75, 3.05) is 25.1 Å². The summed E-state index contributed by atoms with van der Waals surface area (Å²) in [5.74, 6) is 0.856. The highest BCUT2D eigenvalue weighted by Gasteiger charge is 2.37. The van der Waals surface area contributed by atoms with Crippen molar-refractivity contribution in [1.29, 1.82) is 5.26 Å². The zero-order chi connectivity index (χ0) is 22.9. The molecule has 3 aromatic rings. The lowest BCUT2D eigenvalue weighted by Gasteiger charge is -2.36. The van der Waals surface area contributed by atoms with Crippen LogP contribution in [0.1, 0.15) is 26.5 Å². The van der Waals surface area contributed by atoms with E-state index in [1.54, 1.807) is 12.3 Å². The number of nitriles is 1. The second-order valence-corrected chi connectivity index (χ2v) is 14.2. The first-order valence-electron chi connectivity index (χ1n) is 10.6. The first-order valence-corrected chi connectivity index (χ1v) is 13.5. The molecule has 170 valence electrons. The summed E-state index contributed by atoms with van der Waals surface area (Å²) in [6.07, 6.45) is 3.51. The second-order valence-electron chi connectivity index (χ2n) is 9.41. The van der Waals surface area contributed by atoms with Gasteiger partial charge in [0.25, 0.3) is 5.88 Å². The fourth-order valence-electron chi connectivity index (χ4n) is 2.90. The molecule has 3 aromatic heterocycles. The van der Waals surface area contributed by atoms with E-state index in [1.807, 2.05) is 10.9 Å². The van der Waals surface area contributed by atoms with E-state index in [0.717, 1.165) is 5.39 Å². The van der Waals surface area contributed by atoms with E-state index in [2.05, 4.69) is 65.3 Å². The van der Waals surface area contributed by atoms with E-state index in [0.29, 0.717) is 55.2 Å². The molecule has 11 heteroatoms. The lowest BCUT2D eigenvalue weighted by Crippen LogP contribution is -2.41. The molecule has 0 amide bonds. The van der Waals surface area contributed by atoms with E-state index in [-0.39, 0.29) is 11.1 Å². The number of ether oxygens (including phenoxy) is 2. The Bertz CT molecular complexity index is 1140. The fraction of sp³-hybridized carbons (Fsp3) is 0.524. The SMILES string of the molecule is CC(C)(C)[Si](C)(C)OCCn1cc(Nc2ncc3cc(C#N)[nH]c3n2)c(OC2COC2)n1. The minimum atomic E-state index is -1.83. The van der Waals surface area contributed by atoms with Gasteiger partial charge in [0.1, 0.15) is 29.2 Å². The number of rotatable bonds is 8. The topological polar surface area (TPSA) is 123 Å². The van der Waals surface area contributed by atoms with Crippen molar-refractivity contribution in [3.05, 3.63) is 24.2 Å². The number of anilines is 2. The highest BCUT2D eigenvalue weighted by Crippen LogP contribution is 2.36. The van der Waals surface area contributed by atoms with Crippen LogP contribution < -0.4 is 10.1 Å². The number of hydrogen-bond donors (Lipinski definition) is 2. The molecule has 10 nitrogen and oxygen atoms in total. The van der Waals surface area contributed by atoms with Gasteiger partial charge >= 0.3 is 0 Å². The number of fused-ring (bicyclic) bond motifs is 1. The minimum absolute atomic E-state index is 0.0210. The summed E-state index contributed by atoms with van der Waals surface area (Å²) in [6, 6.07) is 3.79. The molecule has 1 fully saturated rings. The molecule has 0 saturated carbocycles. The van der Waals surface area contributed by atoms with E-state index in [4.69, 9.17) is 19.2 Å². The minimum Gasteiger partial charge on any atom is -0.467 e. The molecule has 0 aromatic carbocycles. The number of aromatic amines is 1. The van der Waals surface area contributed by atoms with Gasteiger partial charge < -0.3 is 24.2 Å². The van der Waals surface area contributed by atoms with Crippen molar-refractivity contribution in [2.24, 2.45) is 0 Å². The zero-order valence-corrected chi connectivity index (χ0v) is 20.1. The predicted molar refractivity (Wildman–Crippen MR) is 122 cm³/mol. The summed E-state index contributed by atoms with van der Waals surface area (Å²) in [4.78, 5) is 11.8. The molecule has 0 radical (unpaired) electrons. The van der Waals surface area contributed by atoms with Crippen molar-refractivity contribution in [3.63, 3.8) is 0 Å². The molecule has 0 bridgehead atoms. The number of hydrogen-bond acceptors (Lipinski definition) is 8. The van der Waals surface area contributed by atoms with Crippen LogP contribution in [0.15, 0.2) is 18.5 Å². The number of nitrogens with zero attached hydrogens (tertiary/aromatic N) is 5. The Morgan fingerprint density at radius 2 is 2.16 bits per heavy atom. The van der Waals surface area contributed by atoms with Crippen LogP contribution in [0.2, 0.25) is 18.1 Å². The van der Waals surface area contributed by atoms with Crippen molar-refractivity contribution in [3.8, 4) is 11.9 Å². The molecule has 1 saturated heterocycles. The average molecular weight is 456 g/mol. The molecule has 2 N–H and O–H groups in total. The monoisotopic (exact) mass is 455 g/mol. The Morgan fingerprint density at radius 3 is 2.81 bits per heavy atom. The van der Waals surface area contributed by atoms with E-state index in [9.17, 15) is 0 Å². The summed E-state index contributed by atoms with van der Waals surface area (Å²) in [7, 11) is -1.83. The van der Waals surface area contributed by atoms with Gasteiger partial charge in [0.05, 0.1) is 32.6 Å². The predicted octanol–water partition coefficient (Wildman–Crippen LogP) is 3.57. The van der Waals surface area contributed by atoms with Crippen LogP contribution in [0.3, 0.4) is 0 Å². The first-order chi connectivity index (χ1) is 15.1. The lowest BCUT2D eigenvalue weighted by molar-refractivity contribution is -0.0812. The molecule has 1 aliphatic rings. The summed E-state index contributed by atoms with van der Waals surface area (Å²) in [6.45, 7) is 13.4. The Kier molecular flexibility index (Phi) is 5.94. The van der Waals surface area contributed by atoms with Crippen molar-refractivity contribution in [1.82, 2.24) is 24.7 Å². The molecule has 1 aliphatic heterocycles. The Balaban J connectivity index is 1.50. The van der Waals surface area contributed by atoms with Crippen molar-refractivity contribution >= 4 is 31.0 Å². The number of nitrogens with one attached hydrogen (secondary N) is 2. The smallest absolute Gasteiger partial charge is 0.257 e. The largest absolute Gasteiger partial charge is 0.467 e. The molecule has 0 aliphatic carbocycles. The maximum absolute atomic E-state index is 9.07. The van der Waals surface area contributed by atoms with Crippen LogP contribution >= 0.6 is 0 Å². The standard InChI is InChI=1S/C21H29N7O3Si/c1-21(2,3)32(4,5)30-7-6-28-11-17(19(27-28)31-16-12-29-13-16)25-20-23-10-14-8-15(9-22)24-18(14)26-20/h8,10-11,16H,6-7,12-13H2,1-5H3,(H2,23,24,25,26). The van der Waals surface area contributed by atoms with Crippen LogP contribution in [0, 0.1) is 11.3 Å². The summed E-state index contributed by atoms with van der Waals surface area (Å²) >= 11 is 0. The highest BCUT2D eigenvalue weighted by molar-refractivity contribution is 6.74.